The number of carbonyl (C=O) groups is 1. The number of nitrogen functional groups attached to an aromatic ring is 1. The van der Waals surface area contributed by atoms with Gasteiger partial charge in [0, 0.05) is 11.9 Å². The predicted molar refractivity (Wildman–Crippen MR) is 71.6 cm³/mol. The van der Waals surface area contributed by atoms with Gasteiger partial charge in [-0.15, -0.1) is 11.3 Å². The van der Waals surface area contributed by atoms with Crippen LogP contribution in [0.4, 0.5) is 10.9 Å². The third kappa shape index (κ3) is 2.75. The van der Waals surface area contributed by atoms with Gasteiger partial charge >= 0.3 is 0 Å². The van der Waals surface area contributed by atoms with Crippen molar-refractivity contribution < 1.29 is 4.79 Å². The maximum atomic E-state index is 11.8. The lowest BCUT2D eigenvalue weighted by Crippen LogP contribution is -2.22. The Morgan fingerprint density at radius 1 is 1.59 bits per heavy atom. The zero-order valence-corrected chi connectivity index (χ0v) is 10.8. The molecule has 0 aliphatic carbocycles. The molecule has 4 N–H and O–H groups in total. The van der Waals surface area contributed by atoms with Crippen LogP contribution in [0, 0.1) is 0 Å². The topological polar surface area (TPSA) is 80.0 Å². The van der Waals surface area contributed by atoms with E-state index in [9.17, 15) is 4.79 Å². The molecule has 2 heterocycles. The summed E-state index contributed by atoms with van der Waals surface area (Å²) in [5.74, 6) is 0.0814. The van der Waals surface area contributed by atoms with Gasteiger partial charge in [0.25, 0.3) is 5.91 Å². The molecule has 2 aromatic rings. The quantitative estimate of drug-likeness (QED) is 0.789. The summed E-state index contributed by atoms with van der Waals surface area (Å²) in [7, 11) is 1.74. The molecule has 90 valence electrons. The largest absolute Gasteiger partial charge is 0.382 e. The summed E-state index contributed by atoms with van der Waals surface area (Å²) in [5, 5.41) is 8.29. The maximum Gasteiger partial charge on any atom is 0.265 e. The fraction of sp³-hybridized carbons (Fsp3) is 0.200. The Hall–Kier alpha value is -1.60. The van der Waals surface area contributed by atoms with Gasteiger partial charge in [-0.1, -0.05) is 17.4 Å². The van der Waals surface area contributed by atoms with Crippen molar-refractivity contribution in [2.24, 2.45) is 0 Å². The molecule has 1 amide bonds. The highest BCUT2D eigenvalue weighted by Crippen LogP contribution is 2.24. The second-order valence-corrected chi connectivity index (χ2v) is 5.28. The molecule has 17 heavy (non-hydrogen) atoms. The minimum Gasteiger partial charge on any atom is -0.382 e. The number of nitrogens with two attached hydrogens (primary N) is 1. The van der Waals surface area contributed by atoms with Crippen LogP contribution in [-0.4, -0.2) is 17.9 Å². The van der Waals surface area contributed by atoms with Crippen molar-refractivity contribution in [3.63, 3.8) is 0 Å². The minimum atomic E-state index is -0.185. The van der Waals surface area contributed by atoms with Gasteiger partial charge in [0.1, 0.15) is 10.7 Å². The fourth-order valence-corrected chi connectivity index (χ4v) is 2.66. The first-order valence-electron chi connectivity index (χ1n) is 4.95. The smallest absolute Gasteiger partial charge is 0.265 e. The van der Waals surface area contributed by atoms with E-state index in [1.165, 1.54) is 11.3 Å². The zero-order chi connectivity index (χ0) is 12.3. The van der Waals surface area contributed by atoms with E-state index in [1.807, 2.05) is 17.5 Å². The zero-order valence-electron chi connectivity index (χ0n) is 9.19. The van der Waals surface area contributed by atoms with Crippen molar-refractivity contribution in [3.05, 3.63) is 27.3 Å². The molecule has 0 unspecified atom stereocenters. The van der Waals surface area contributed by atoms with Crippen molar-refractivity contribution in [1.82, 2.24) is 10.3 Å². The standard InChI is InChI=1S/C10H12N4OS2/c1-12-10-14-8(11)7(17-10)9(15)13-5-6-3-2-4-16-6/h2-4H,5,11H2,1H3,(H,12,14)(H,13,15). The number of thiophene rings is 1. The van der Waals surface area contributed by atoms with Crippen LogP contribution in [0.3, 0.4) is 0 Å². The molecule has 0 aromatic carbocycles. The van der Waals surface area contributed by atoms with Crippen molar-refractivity contribution in [3.8, 4) is 0 Å². The first-order valence-corrected chi connectivity index (χ1v) is 6.65. The number of nitrogens with one attached hydrogen (secondary N) is 2. The molecule has 5 nitrogen and oxygen atoms in total. The van der Waals surface area contributed by atoms with Crippen LogP contribution >= 0.6 is 22.7 Å². The summed E-state index contributed by atoms with van der Waals surface area (Å²) >= 11 is 2.85. The van der Waals surface area contributed by atoms with E-state index in [2.05, 4.69) is 15.6 Å². The van der Waals surface area contributed by atoms with E-state index >= 15 is 0 Å². The van der Waals surface area contributed by atoms with E-state index in [4.69, 9.17) is 5.73 Å². The number of amides is 1. The summed E-state index contributed by atoms with van der Waals surface area (Å²) in [5.41, 5.74) is 5.67. The highest BCUT2D eigenvalue weighted by molar-refractivity contribution is 7.18. The highest BCUT2D eigenvalue weighted by atomic mass is 32.1. The molecule has 2 aromatic heterocycles. The van der Waals surface area contributed by atoms with E-state index in [-0.39, 0.29) is 11.7 Å². The second kappa shape index (κ2) is 5.15. The highest BCUT2D eigenvalue weighted by Gasteiger charge is 2.15. The van der Waals surface area contributed by atoms with E-state index in [0.29, 0.717) is 16.6 Å². The average molecular weight is 268 g/mol. The van der Waals surface area contributed by atoms with Crippen LogP contribution in [0.25, 0.3) is 0 Å². The fourth-order valence-electron chi connectivity index (χ4n) is 1.26. The molecular formula is C10H12N4OS2. The lowest BCUT2D eigenvalue weighted by atomic mass is 10.4. The van der Waals surface area contributed by atoms with Gasteiger partial charge in [-0.25, -0.2) is 4.98 Å². The molecular weight excluding hydrogens is 256 g/mol. The number of anilines is 2. The van der Waals surface area contributed by atoms with Gasteiger partial charge in [-0.05, 0) is 11.4 Å². The molecule has 7 heteroatoms. The molecule has 0 atom stereocenters. The van der Waals surface area contributed by atoms with Gasteiger partial charge in [-0.2, -0.15) is 0 Å². The van der Waals surface area contributed by atoms with Gasteiger partial charge < -0.3 is 16.4 Å². The van der Waals surface area contributed by atoms with Crippen LogP contribution in [0.1, 0.15) is 14.5 Å². The molecule has 0 radical (unpaired) electrons. The number of hydrogen-bond donors (Lipinski definition) is 3. The third-order valence-electron chi connectivity index (χ3n) is 2.08. The summed E-state index contributed by atoms with van der Waals surface area (Å²) in [4.78, 5) is 17.4. The van der Waals surface area contributed by atoms with Crippen molar-refractivity contribution in [2.45, 2.75) is 6.54 Å². The molecule has 0 saturated heterocycles. The van der Waals surface area contributed by atoms with Crippen LogP contribution in [0.2, 0.25) is 0 Å². The van der Waals surface area contributed by atoms with Crippen molar-refractivity contribution in [2.75, 3.05) is 18.1 Å². The summed E-state index contributed by atoms with van der Waals surface area (Å²) in [6, 6.07) is 3.92. The summed E-state index contributed by atoms with van der Waals surface area (Å²) < 4.78 is 0. The third-order valence-corrected chi connectivity index (χ3v) is 4.04. The van der Waals surface area contributed by atoms with Gasteiger partial charge in [0.2, 0.25) is 0 Å². The number of thiazole rings is 1. The first kappa shape index (κ1) is 11.9. The Morgan fingerprint density at radius 2 is 2.41 bits per heavy atom. The van der Waals surface area contributed by atoms with Crippen molar-refractivity contribution in [1.29, 1.82) is 0 Å². The lowest BCUT2D eigenvalue weighted by Gasteiger charge is -2.01. The van der Waals surface area contributed by atoms with Crippen molar-refractivity contribution >= 4 is 39.5 Å². The van der Waals surface area contributed by atoms with E-state index < -0.39 is 0 Å². The lowest BCUT2D eigenvalue weighted by molar-refractivity contribution is 0.0956. The van der Waals surface area contributed by atoms with Gasteiger partial charge in [-0.3, -0.25) is 4.79 Å². The predicted octanol–water partition coefficient (Wildman–Crippen LogP) is 1.76. The Bertz CT molecular complexity index is 506. The first-order chi connectivity index (χ1) is 8.20. The second-order valence-electron chi connectivity index (χ2n) is 3.25. The maximum absolute atomic E-state index is 11.8. The monoisotopic (exact) mass is 268 g/mol. The molecule has 0 spiro atoms. The Kier molecular flexibility index (Phi) is 3.60. The molecule has 2 rings (SSSR count). The number of aromatic nitrogens is 1. The summed E-state index contributed by atoms with van der Waals surface area (Å²) in [6.45, 7) is 0.517. The SMILES string of the molecule is CNc1nc(N)c(C(=O)NCc2cccs2)s1. The minimum absolute atomic E-state index is 0.185. The molecule has 0 aliphatic rings. The molecule has 0 bridgehead atoms. The average Bonchev–Trinajstić information content (AvgIpc) is 2.94. The van der Waals surface area contributed by atoms with Crippen LogP contribution in [0.5, 0.6) is 0 Å². The Morgan fingerprint density at radius 3 is 3.00 bits per heavy atom. The van der Waals surface area contributed by atoms with Gasteiger partial charge in [0.05, 0.1) is 6.54 Å². The number of carbonyl (C=O) groups excluding carboxylic acids is 1. The molecule has 0 fully saturated rings. The normalized spacial score (nSPS) is 10.2. The number of hydrogen-bond acceptors (Lipinski definition) is 6. The van der Waals surface area contributed by atoms with Crippen LogP contribution in [-0.2, 0) is 6.54 Å². The van der Waals surface area contributed by atoms with Crippen LogP contribution in [0.15, 0.2) is 17.5 Å². The summed E-state index contributed by atoms with van der Waals surface area (Å²) in [6.07, 6.45) is 0. The molecule has 0 aliphatic heterocycles. The van der Waals surface area contributed by atoms with Crippen LogP contribution < -0.4 is 16.4 Å². The number of rotatable bonds is 4. The van der Waals surface area contributed by atoms with E-state index in [1.54, 1.807) is 18.4 Å². The van der Waals surface area contributed by atoms with Gasteiger partial charge in [0.15, 0.2) is 5.13 Å². The number of nitrogens with zero attached hydrogens (tertiary/aromatic N) is 1. The Labute approximate surface area is 107 Å². The molecule has 0 saturated carbocycles. The van der Waals surface area contributed by atoms with E-state index in [0.717, 1.165) is 4.88 Å². The Balaban J connectivity index is 2.01.